The average Bonchev–Trinajstić information content (AvgIpc) is 2.16. The first-order chi connectivity index (χ1) is 7.73. The van der Waals surface area contributed by atoms with E-state index in [-0.39, 0.29) is 4.90 Å². The van der Waals surface area contributed by atoms with Crippen LogP contribution >= 0.6 is 0 Å². The summed E-state index contributed by atoms with van der Waals surface area (Å²) in [5, 5.41) is 0. The van der Waals surface area contributed by atoms with E-state index in [2.05, 4.69) is 22.8 Å². The molecule has 1 N–H and O–H groups in total. The van der Waals surface area contributed by atoms with E-state index in [9.17, 15) is 8.42 Å². The van der Waals surface area contributed by atoms with Gasteiger partial charge in [-0.3, -0.25) is 4.55 Å². The molecule has 0 heterocycles. The van der Waals surface area contributed by atoms with E-state index in [0.717, 1.165) is 0 Å². The third-order valence-corrected chi connectivity index (χ3v) is 10.7. The normalized spacial score (nSPS) is 11.2. The van der Waals surface area contributed by atoms with Gasteiger partial charge in [0.2, 0.25) is 0 Å². The van der Waals surface area contributed by atoms with Crippen molar-refractivity contribution in [1.82, 2.24) is 0 Å². The fraction of sp³-hybridized carbons (Fsp3) is 0.400. The third kappa shape index (κ3) is 9.87. The zero-order valence-electron chi connectivity index (χ0n) is 10.4. The van der Waals surface area contributed by atoms with Crippen molar-refractivity contribution in [2.45, 2.75) is 27.7 Å². The van der Waals surface area contributed by atoms with Gasteiger partial charge >= 0.3 is 55.5 Å². The van der Waals surface area contributed by atoms with Crippen LogP contribution in [0.5, 0.6) is 0 Å². The van der Waals surface area contributed by atoms with E-state index in [4.69, 9.17) is 7.27 Å². The van der Waals surface area contributed by atoms with Crippen molar-refractivity contribution in [2.75, 3.05) is 0 Å². The second-order valence-electron chi connectivity index (χ2n) is 3.49. The van der Waals surface area contributed by atoms with Gasteiger partial charge in [0.25, 0.3) is 10.1 Å². The average molecular weight is 384 g/mol. The molecule has 4 nitrogen and oxygen atoms in total. The molecule has 17 heavy (non-hydrogen) atoms. The summed E-state index contributed by atoms with van der Waals surface area (Å²) in [6.07, 6.45) is 0. The zero-order chi connectivity index (χ0) is 13.5. The molecule has 0 aliphatic carbocycles. The van der Waals surface area contributed by atoms with E-state index in [1.54, 1.807) is 18.2 Å². The monoisotopic (exact) mass is 384 g/mol. The molecule has 0 saturated heterocycles. The largest absolute Gasteiger partial charge is 0.294 e. The fourth-order valence-electron chi connectivity index (χ4n) is 0.919. The van der Waals surface area contributed by atoms with Crippen molar-refractivity contribution in [2.24, 2.45) is 0 Å². The van der Waals surface area contributed by atoms with Gasteiger partial charge in [0, 0.05) is 0 Å². The first kappa shape index (κ1) is 17.2. The van der Waals surface area contributed by atoms with Gasteiger partial charge in [-0.25, -0.2) is 0 Å². The quantitative estimate of drug-likeness (QED) is 0.643. The van der Waals surface area contributed by atoms with Crippen molar-refractivity contribution in [3.63, 3.8) is 0 Å². The van der Waals surface area contributed by atoms with Crippen LogP contribution in [0.25, 0.3) is 0 Å². The van der Waals surface area contributed by atoms with Crippen LogP contribution < -0.4 is 0 Å². The Kier molecular flexibility index (Phi) is 8.43. The Balaban J connectivity index is 0.000000325. The van der Waals surface area contributed by atoms with Gasteiger partial charge in [-0.2, -0.15) is 8.42 Å². The summed E-state index contributed by atoms with van der Waals surface area (Å²) in [6.45, 7) is 0. The second-order valence-corrected chi connectivity index (χ2v) is 13.9. The summed E-state index contributed by atoms with van der Waals surface area (Å²) in [6, 6.07) is 7.42. The van der Waals surface area contributed by atoms with E-state index in [1.807, 2.05) is 0 Å². The van der Waals surface area contributed by atoms with Crippen LogP contribution in [0.1, 0.15) is 0 Å². The van der Waals surface area contributed by atoms with Crippen molar-refractivity contribution < 1.29 is 15.7 Å². The van der Waals surface area contributed by atoms with Gasteiger partial charge in [-0.05, 0) is 12.1 Å². The molecule has 0 aliphatic rings. The molecule has 98 valence electrons. The summed E-state index contributed by atoms with van der Waals surface area (Å²) in [5.74, 6) is 0. The zero-order valence-corrected chi connectivity index (χ0v) is 14.9. The third-order valence-electron chi connectivity index (χ3n) is 1.37. The minimum atomic E-state index is -4.00. The molecule has 7 heteroatoms. The Hall–Kier alpha value is 0.207. The first-order valence-electron chi connectivity index (χ1n) is 4.78. The predicted molar refractivity (Wildman–Crippen MR) is 72.3 cm³/mol. The molecule has 0 spiro atoms. The maximum absolute atomic E-state index is 10.4. The van der Waals surface area contributed by atoms with Crippen molar-refractivity contribution >= 4 is 40.1 Å². The molecule has 0 bridgehead atoms. The molecular formula is C10H18As2O4S. The van der Waals surface area contributed by atoms with Crippen molar-refractivity contribution in [3.05, 3.63) is 30.3 Å². The van der Waals surface area contributed by atoms with Crippen molar-refractivity contribution in [1.29, 1.82) is 0 Å². The van der Waals surface area contributed by atoms with E-state index in [1.165, 1.54) is 12.1 Å². The summed E-state index contributed by atoms with van der Waals surface area (Å²) >= 11 is -1.44. The SMILES string of the molecule is C[As](C)O[As](C)C.O=S(=O)(O)c1ccccc1. The molecule has 0 radical (unpaired) electrons. The Morgan fingerprint density at radius 1 is 1.00 bits per heavy atom. The summed E-state index contributed by atoms with van der Waals surface area (Å²) in [4.78, 5) is -0.0741. The maximum atomic E-state index is 10.4. The molecule has 1 rings (SSSR count). The van der Waals surface area contributed by atoms with Gasteiger partial charge in [-0.1, -0.05) is 18.2 Å². The number of rotatable bonds is 3. The molecule has 0 fully saturated rings. The van der Waals surface area contributed by atoms with Crippen LogP contribution in [0.15, 0.2) is 35.2 Å². The standard InChI is InChI=1S/C6H6O3S.C4H12As2O/c7-10(8,9)6-4-2-1-3-5-6;1-5(2)7-6(3)4/h1-5H,(H,7,8,9);1-4H3. The molecule has 1 aromatic rings. The van der Waals surface area contributed by atoms with Crippen LogP contribution in [0.2, 0.25) is 22.8 Å². The van der Waals surface area contributed by atoms with E-state index >= 15 is 0 Å². The van der Waals surface area contributed by atoms with Gasteiger partial charge in [0.1, 0.15) is 0 Å². The molecule has 0 aliphatic heterocycles. The summed E-state index contributed by atoms with van der Waals surface area (Å²) in [7, 11) is -4.00. The molecule has 0 amide bonds. The van der Waals surface area contributed by atoms with Gasteiger partial charge in [0.15, 0.2) is 0 Å². The van der Waals surface area contributed by atoms with E-state index in [0.29, 0.717) is 0 Å². The molecule has 1 aromatic carbocycles. The van der Waals surface area contributed by atoms with Gasteiger partial charge in [0.05, 0.1) is 4.90 Å². The minimum Gasteiger partial charge on any atom is -0.282 e. The number of hydrogen-bond acceptors (Lipinski definition) is 3. The van der Waals surface area contributed by atoms with Crippen LogP contribution in [0, 0.1) is 0 Å². The molecule has 0 aromatic heterocycles. The van der Waals surface area contributed by atoms with Crippen LogP contribution in [-0.4, -0.2) is 43.0 Å². The topological polar surface area (TPSA) is 63.6 Å². The van der Waals surface area contributed by atoms with Crippen LogP contribution in [-0.2, 0) is 12.8 Å². The van der Waals surface area contributed by atoms with Gasteiger partial charge in [-0.15, -0.1) is 0 Å². The Labute approximate surface area is 113 Å². The Morgan fingerprint density at radius 3 is 1.59 bits per heavy atom. The van der Waals surface area contributed by atoms with E-state index < -0.39 is 40.1 Å². The van der Waals surface area contributed by atoms with Crippen molar-refractivity contribution in [3.8, 4) is 0 Å². The first-order valence-corrected chi connectivity index (χ1v) is 15.3. The molecule has 0 saturated carbocycles. The minimum absolute atomic E-state index is 0.0741. The smallest absolute Gasteiger partial charge is 0.282 e. The Morgan fingerprint density at radius 2 is 1.41 bits per heavy atom. The summed E-state index contributed by atoms with van der Waals surface area (Å²) < 4.78 is 34.8. The molecular weight excluding hydrogens is 366 g/mol. The maximum Gasteiger partial charge on any atom is 0.294 e. The number of benzene rings is 1. The molecule has 0 unspecified atom stereocenters. The van der Waals surface area contributed by atoms with Crippen LogP contribution in [0.3, 0.4) is 0 Å². The fourth-order valence-corrected chi connectivity index (χ4v) is 9.91. The predicted octanol–water partition coefficient (Wildman–Crippen LogP) is 2.44. The summed E-state index contributed by atoms with van der Waals surface area (Å²) in [5.41, 5.74) is 8.90. The second kappa shape index (κ2) is 8.33. The van der Waals surface area contributed by atoms with Gasteiger partial charge < -0.3 is 0 Å². The van der Waals surface area contributed by atoms with Crippen LogP contribution in [0.4, 0.5) is 0 Å². The molecule has 0 atom stereocenters. The Bertz CT molecular complexity index is 398. The number of hydrogen-bond donors (Lipinski definition) is 1.